The van der Waals surface area contributed by atoms with Crippen molar-refractivity contribution in [1.29, 1.82) is 0 Å². The van der Waals surface area contributed by atoms with Crippen LogP contribution in [-0.4, -0.2) is 58.7 Å². The maximum absolute atomic E-state index is 14.6. The Morgan fingerprint density at radius 2 is 1.74 bits per heavy atom. The van der Waals surface area contributed by atoms with Gasteiger partial charge in [-0.05, 0) is 48.7 Å². The van der Waals surface area contributed by atoms with Crippen molar-refractivity contribution in [1.82, 2.24) is 19.7 Å². The number of anilines is 1. The zero-order valence-corrected chi connectivity index (χ0v) is 22.2. The van der Waals surface area contributed by atoms with E-state index in [0.29, 0.717) is 31.2 Å². The highest BCUT2D eigenvalue weighted by Crippen LogP contribution is 2.57. The van der Waals surface area contributed by atoms with E-state index in [1.807, 2.05) is 18.2 Å². The predicted molar refractivity (Wildman–Crippen MR) is 136 cm³/mol. The molecule has 7 nitrogen and oxygen atoms in total. The Labute approximate surface area is 227 Å². The minimum Gasteiger partial charge on any atom is -0.368 e. The lowest BCUT2D eigenvalue weighted by atomic mass is 9.57. The number of halogens is 5. The molecule has 0 atom stereocenters. The maximum Gasteiger partial charge on any atom is 0.419 e. The Morgan fingerprint density at radius 3 is 2.44 bits per heavy atom. The van der Waals surface area contributed by atoms with Crippen LogP contribution in [0.1, 0.15) is 41.5 Å². The number of sulfone groups is 1. The van der Waals surface area contributed by atoms with E-state index in [-0.39, 0.29) is 34.6 Å². The number of rotatable bonds is 3. The molecule has 3 aliphatic heterocycles. The van der Waals surface area contributed by atoms with Crippen LogP contribution in [0.5, 0.6) is 0 Å². The van der Waals surface area contributed by atoms with Gasteiger partial charge in [-0.15, -0.1) is 10.2 Å². The van der Waals surface area contributed by atoms with Crippen molar-refractivity contribution >= 4 is 27.1 Å². The van der Waals surface area contributed by atoms with Crippen molar-refractivity contribution in [2.45, 2.75) is 44.1 Å². The highest BCUT2D eigenvalue weighted by molar-refractivity contribution is 7.92. The van der Waals surface area contributed by atoms with E-state index in [1.165, 1.54) is 12.1 Å². The molecule has 1 aromatic heterocycles. The van der Waals surface area contributed by atoms with Gasteiger partial charge < -0.3 is 4.90 Å². The summed E-state index contributed by atoms with van der Waals surface area (Å²) in [6, 6.07) is 8.96. The van der Waals surface area contributed by atoms with Crippen LogP contribution in [0, 0.1) is 11.2 Å². The first-order valence-electron chi connectivity index (χ1n) is 12.7. The lowest BCUT2D eigenvalue weighted by Gasteiger charge is -2.59. The van der Waals surface area contributed by atoms with Crippen LogP contribution < -0.4 is 4.90 Å². The molecule has 2 aromatic carbocycles. The van der Waals surface area contributed by atoms with Gasteiger partial charge in [-0.1, -0.05) is 17.7 Å². The first kappa shape index (κ1) is 25.3. The van der Waals surface area contributed by atoms with Crippen LogP contribution in [0.15, 0.2) is 36.4 Å². The molecule has 3 aromatic rings. The van der Waals surface area contributed by atoms with Crippen molar-refractivity contribution in [3.8, 4) is 5.69 Å². The highest BCUT2D eigenvalue weighted by atomic mass is 35.5. The molecule has 7 rings (SSSR count). The van der Waals surface area contributed by atoms with E-state index < -0.39 is 27.4 Å². The molecule has 206 valence electrons. The number of aromatic nitrogens is 3. The molecule has 0 amide bonds. The van der Waals surface area contributed by atoms with Crippen LogP contribution in [0.25, 0.3) is 5.69 Å². The molecule has 13 heteroatoms. The van der Waals surface area contributed by atoms with Gasteiger partial charge in [-0.2, -0.15) is 13.2 Å². The van der Waals surface area contributed by atoms with Crippen molar-refractivity contribution in [2.24, 2.45) is 5.41 Å². The number of nitrogens with zero attached hydrogens (tertiary/aromatic N) is 5. The van der Waals surface area contributed by atoms with E-state index in [1.54, 1.807) is 4.90 Å². The largest absolute Gasteiger partial charge is 0.419 e. The normalized spacial score (nSPS) is 23.8. The Balaban J connectivity index is 1.12. The van der Waals surface area contributed by atoms with Crippen molar-refractivity contribution in [2.75, 3.05) is 29.5 Å². The van der Waals surface area contributed by atoms with Gasteiger partial charge in [0, 0.05) is 42.0 Å². The fourth-order valence-corrected chi connectivity index (χ4v) is 8.36. The van der Waals surface area contributed by atoms with Crippen LogP contribution in [0.3, 0.4) is 0 Å². The SMILES string of the molecule is O=S1(=O)CC(N2Cc3cc(Cl)ccc3-n3c(nnc3C3CC4(C3)CN(c3cccc(C(F)(F)F)c3F)C4)C2)C1. The predicted octanol–water partition coefficient (Wildman–Crippen LogP) is 4.58. The number of hydrogen-bond acceptors (Lipinski definition) is 6. The first-order chi connectivity index (χ1) is 18.4. The second-order valence-corrected chi connectivity index (χ2v) is 13.9. The molecule has 4 heterocycles. The summed E-state index contributed by atoms with van der Waals surface area (Å²) < 4.78 is 79.9. The Hall–Kier alpha value is -2.70. The molecular weight excluding hydrogens is 558 g/mol. The van der Waals surface area contributed by atoms with E-state index >= 15 is 0 Å². The Kier molecular flexibility index (Phi) is 5.45. The second kappa shape index (κ2) is 8.40. The van der Waals surface area contributed by atoms with Gasteiger partial charge in [0.15, 0.2) is 21.5 Å². The summed E-state index contributed by atoms with van der Waals surface area (Å²) in [6.07, 6.45) is -3.19. The molecule has 0 radical (unpaired) electrons. The van der Waals surface area contributed by atoms with E-state index in [4.69, 9.17) is 11.6 Å². The van der Waals surface area contributed by atoms with Gasteiger partial charge in [-0.25, -0.2) is 12.8 Å². The van der Waals surface area contributed by atoms with Crippen LogP contribution in [0.4, 0.5) is 23.2 Å². The number of hydrogen-bond donors (Lipinski definition) is 0. The summed E-state index contributed by atoms with van der Waals surface area (Å²) in [5.41, 5.74) is 0.527. The molecule has 1 spiro atoms. The zero-order chi connectivity index (χ0) is 27.3. The molecule has 0 unspecified atom stereocenters. The topological polar surface area (TPSA) is 71.3 Å². The molecule has 4 aliphatic rings. The lowest BCUT2D eigenvalue weighted by Crippen LogP contribution is -2.62. The third kappa shape index (κ3) is 4.13. The van der Waals surface area contributed by atoms with E-state index in [0.717, 1.165) is 41.8 Å². The fourth-order valence-electron chi connectivity index (χ4n) is 6.66. The van der Waals surface area contributed by atoms with Crippen LogP contribution >= 0.6 is 11.6 Å². The summed E-state index contributed by atoms with van der Waals surface area (Å²) in [5, 5.41) is 9.62. The van der Waals surface area contributed by atoms with Crippen LogP contribution in [-0.2, 0) is 29.1 Å². The van der Waals surface area contributed by atoms with Crippen molar-refractivity contribution < 1.29 is 26.0 Å². The van der Waals surface area contributed by atoms with Crippen molar-refractivity contribution in [3.05, 3.63) is 70.0 Å². The molecule has 3 fully saturated rings. The highest BCUT2D eigenvalue weighted by Gasteiger charge is 2.55. The third-order valence-corrected chi connectivity index (χ3v) is 10.6. The van der Waals surface area contributed by atoms with Gasteiger partial charge in [0.2, 0.25) is 0 Å². The standard InChI is InChI=1S/C26H24ClF4N5O2S/c27-17-4-5-20-15(6-17)9-34(18-11-39(37,38)12-18)10-22-32-33-24(36(20)22)16-7-25(8-16)13-35(14-25)21-3-1-2-19(23(21)28)26(29,30)31/h1-6,16,18H,7-14H2. The summed E-state index contributed by atoms with van der Waals surface area (Å²) in [5.74, 6) is 0.663. The molecule has 1 saturated carbocycles. The first-order valence-corrected chi connectivity index (χ1v) is 14.9. The van der Waals surface area contributed by atoms with E-state index in [2.05, 4.69) is 19.7 Å². The van der Waals surface area contributed by atoms with Crippen LogP contribution in [0.2, 0.25) is 5.02 Å². The average molecular weight is 582 g/mol. The minimum absolute atomic E-state index is 0.0147. The number of alkyl halides is 3. The second-order valence-electron chi connectivity index (χ2n) is 11.3. The molecule has 39 heavy (non-hydrogen) atoms. The fraction of sp³-hybridized carbons (Fsp3) is 0.462. The Bertz CT molecular complexity index is 1580. The summed E-state index contributed by atoms with van der Waals surface area (Å²) in [4.78, 5) is 3.79. The minimum atomic E-state index is -4.74. The van der Waals surface area contributed by atoms with Gasteiger partial charge in [0.05, 0.1) is 35.0 Å². The third-order valence-electron chi connectivity index (χ3n) is 8.57. The van der Waals surface area contributed by atoms with Gasteiger partial charge >= 0.3 is 6.18 Å². The lowest BCUT2D eigenvalue weighted by molar-refractivity contribution is -0.139. The molecular formula is C26H24ClF4N5O2S. The maximum atomic E-state index is 14.6. The smallest absolute Gasteiger partial charge is 0.368 e. The average Bonchev–Trinajstić information content (AvgIpc) is 3.11. The molecule has 0 N–H and O–H groups in total. The van der Waals surface area contributed by atoms with Gasteiger partial charge in [0.25, 0.3) is 0 Å². The summed E-state index contributed by atoms with van der Waals surface area (Å²) in [7, 11) is -3.00. The summed E-state index contributed by atoms with van der Waals surface area (Å²) in [6.45, 7) is 1.97. The number of benzene rings is 2. The van der Waals surface area contributed by atoms with Gasteiger partial charge in [-0.3, -0.25) is 9.47 Å². The number of fused-ring (bicyclic) bond motifs is 3. The monoisotopic (exact) mass is 581 g/mol. The molecule has 0 bridgehead atoms. The van der Waals surface area contributed by atoms with Crippen molar-refractivity contribution in [3.63, 3.8) is 0 Å². The Morgan fingerprint density at radius 1 is 1.00 bits per heavy atom. The van der Waals surface area contributed by atoms with E-state index in [9.17, 15) is 26.0 Å². The quantitative estimate of drug-likeness (QED) is 0.422. The van der Waals surface area contributed by atoms with Gasteiger partial charge in [0.1, 0.15) is 5.82 Å². The molecule has 1 aliphatic carbocycles. The zero-order valence-electron chi connectivity index (χ0n) is 20.6. The molecule has 2 saturated heterocycles. The summed E-state index contributed by atoms with van der Waals surface area (Å²) >= 11 is 6.32.